The third-order valence-electron chi connectivity index (χ3n) is 5.06. The van der Waals surface area contributed by atoms with E-state index in [0.29, 0.717) is 0 Å². The summed E-state index contributed by atoms with van der Waals surface area (Å²) in [6.45, 7) is 7.51. The van der Waals surface area contributed by atoms with Gasteiger partial charge in [0, 0.05) is 0 Å². The first-order valence-electron chi connectivity index (χ1n) is 9.16. The van der Waals surface area contributed by atoms with Crippen LogP contribution >= 0.6 is 0 Å². The van der Waals surface area contributed by atoms with Gasteiger partial charge in [-0.1, -0.05) is 57.7 Å². The third kappa shape index (κ3) is 4.90. The smallest absolute Gasteiger partial charge is 0.119 e. The number of rotatable bonds is 8. The van der Waals surface area contributed by atoms with Gasteiger partial charge in [-0.3, -0.25) is 0 Å². The van der Waals surface area contributed by atoms with Crippen molar-refractivity contribution in [1.82, 2.24) is 0 Å². The molecule has 2 rings (SSSR count). The van der Waals surface area contributed by atoms with Gasteiger partial charge in [0.1, 0.15) is 5.75 Å². The monoisotopic (exact) mass is 300 g/mol. The van der Waals surface area contributed by atoms with Crippen molar-refractivity contribution in [3.63, 3.8) is 0 Å². The Morgan fingerprint density at radius 1 is 1.14 bits per heavy atom. The molecular formula is C21H32O. The molecule has 22 heavy (non-hydrogen) atoms. The zero-order chi connectivity index (χ0) is 15.8. The second-order valence-electron chi connectivity index (χ2n) is 6.69. The topological polar surface area (TPSA) is 9.23 Å². The molecule has 0 spiro atoms. The molecular weight excluding hydrogens is 268 g/mol. The highest BCUT2D eigenvalue weighted by Gasteiger charge is 2.20. The van der Waals surface area contributed by atoms with Crippen LogP contribution in [0.25, 0.3) is 5.57 Å². The maximum Gasteiger partial charge on any atom is 0.119 e. The zero-order valence-electron chi connectivity index (χ0n) is 14.6. The Morgan fingerprint density at radius 2 is 1.91 bits per heavy atom. The Morgan fingerprint density at radius 3 is 2.50 bits per heavy atom. The molecule has 0 heterocycles. The lowest BCUT2D eigenvalue weighted by Gasteiger charge is -2.27. The molecule has 0 aromatic heterocycles. The number of unbranched alkanes of at least 4 members (excludes halogenated alkanes) is 2. The van der Waals surface area contributed by atoms with Gasteiger partial charge in [0.05, 0.1) is 6.61 Å². The zero-order valence-corrected chi connectivity index (χ0v) is 14.6. The van der Waals surface area contributed by atoms with Gasteiger partial charge in [-0.05, 0) is 61.3 Å². The van der Waals surface area contributed by atoms with E-state index in [1.807, 2.05) is 6.92 Å². The van der Waals surface area contributed by atoms with Crippen LogP contribution in [-0.2, 0) is 0 Å². The average molecular weight is 300 g/mol. The number of hydrogen-bond acceptors (Lipinski definition) is 1. The van der Waals surface area contributed by atoms with Crippen molar-refractivity contribution >= 4 is 5.57 Å². The first-order chi connectivity index (χ1) is 10.7. The normalized spacial score (nSPS) is 19.6. The molecule has 0 amide bonds. The van der Waals surface area contributed by atoms with Crippen LogP contribution < -0.4 is 4.74 Å². The van der Waals surface area contributed by atoms with Crippen molar-refractivity contribution in [2.24, 2.45) is 11.8 Å². The molecule has 1 aliphatic rings. The number of ether oxygens (including phenoxy) is 1. The van der Waals surface area contributed by atoms with E-state index in [0.717, 1.165) is 24.2 Å². The van der Waals surface area contributed by atoms with Crippen LogP contribution in [0.5, 0.6) is 5.75 Å². The van der Waals surface area contributed by atoms with Gasteiger partial charge >= 0.3 is 0 Å². The van der Waals surface area contributed by atoms with Crippen LogP contribution in [0.2, 0.25) is 0 Å². The molecule has 122 valence electrons. The highest BCUT2D eigenvalue weighted by Crippen LogP contribution is 2.36. The fourth-order valence-electron chi connectivity index (χ4n) is 3.52. The van der Waals surface area contributed by atoms with Crippen LogP contribution in [-0.4, -0.2) is 6.61 Å². The van der Waals surface area contributed by atoms with Gasteiger partial charge in [-0.2, -0.15) is 0 Å². The maximum absolute atomic E-state index is 5.52. The fraction of sp³-hybridized carbons (Fsp3) is 0.619. The Bertz CT molecular complexity index is 457. The van der Waals surface area contributed by atoms with Gasteiger partial charge in [0.15, 0.2) is 0 Å². The van der Waals surface area contributed by atoms with Crippen LogP contribution in [0, 0.1) is 11.8 Å². The molecule has 0 radical (unpaired) electrons. The summed E-state index contributed by atoms with van der Waals surface area (Å²) in [7, 11) is 0. The molecule has 1 aliphatic carbocycles. The Labute approximate surface area is 136 Å². The first-order valence-corrected chi connectivity index (χ1v) is 9.16. The molecule has 2 unspecified atom stereocenters. The van der Waals surface area contributed by atoms with Crippen molar-refractivity contribution in [3.05, 3.63) is 35.9 Å². The molecule has 0 N–H and O–H groups in total. The minimum Gasteiger partial charge on any atom is -0.494 e. The molecule has 0 fully saturated rings. The second-order valence-corrected chi connectivity index (χ2v) is 6.69. The predicted molar refractivity (Wildman–Crippen MR) is 96.2 cm³/mol. The van der Waals surface area contributed by atoms with Gasteiger partial charge in [-0.25, -0.2) is 0 Å². The molecule has 2 atom stereocenters. The standard InChI is InChI=1S/C21H32O/c1-4-6-7-8-17(3)18-9-11-19(12-10-18)20-13-15-21(16-14-20)22-5-2/h11,13-18H,4-10,12H2,1-3H3. The lowest BCUT2D eigenvalue weighted by Crippen LogP contribution is -2.14. The maximum atomic E-state index is 5.52. The van der Waals surface area contributed by atoms with Gasteiger partial charge in [0.25, 0.3) is 0 Å². The van der Waals surface area contributed by atoms with E-state index in [1.54, 1.807) is 0 Å². The third-order valence-corrected chi connectivity index (χ3v) is 5.06. The quantitative estimate of drug-likeness (QED) is 0.499. The number of allylic oxidation sites excluding steroid dienone is 2. The van der Waals surface area contributed by atoms with Gasteiger partial charge in [0.2, 0.25) is 0 Å². The largest absolute Gasteiger partial charge is 0.494 e. The summed E-state index contributed by atoms with van der Waals surface area (Å²) in [6.07, 6.45) is 11.9. The summed E-state index contributed by atoms with van der Waals surface area (Å²) < 4.78 is 5.52. The minimum atomic E-state index is 0.736. The van der Waals surface area contributed by atoms with E-state index in [1.165, 1.54) is 56.1 Å². The fourth-order valence-corrected chi connectivity index (χ4v) is 3.52. The Kier molecular flexibility index (Phi) is 7.02. The van der Waals surface area contributed by atoms with Crippen molar-refractivity contribution < 1.29 is 4.74 Å². The SMILES string of the molecule is CCCCCC(C)C1CC=C(c2ccc(OCC)cc2)CC1. The molecule has 0 aliphatic heterocycles. The van der Waals surface area contributed by atoms with Crippen LogP contribution in [0.15, 0.2) is 30.3 Å². The summed E-state index contributed by atoms with van der Waals surface area (Å²) in [5, 5.41) is 0. The number of benzene rings is 1. The van der Waals surface area contributed by atoms with E-state index in [2.05, 4.69) is 44.2 Å². The van der Waals surface area contributed by atoms with Crippen molar-refractivity contribution in [2.75, 3.05) is 6.61 Å². The van der Waals surface area contributed by atoms with Gasteiger partial charge in [-0.15, -0.1) is 0 Å². The van der Waals surface area contributed by atoms with Crippen molar-refractivity contribution in [2.45, 2.75) is 65.7 Å². The lowest BCUT2D eigenvalue weighted by molar-refractivity contribution is 0.308. The highest BCUT2D eigenvalue weighted by atomic mass is 16.5. The van der Waals surface area contributed by atoms with Crippen molar-refractivity contribution in [1.29, 1.82) is 0 Å². The minimum absolute atomic E-state index is 0.736. The highest BCUT2D eigenvalue weighted by molar-refractivity contribution is 5.66. The predicted octanol–water partition coefficient (Wildman–Crippen LogP) is 6.49. The van der Waals surface area contributed by atoms with E-state index in [-0.39, 0.29) is 0 Å². The van der Waals surface area contributed by atoms with E-state index < -0.39 is 0 Å². The molecule has 0 bridgehead atoms. The molecule has 1 heteroatoms. The second kappa shape index (κ2) is 9.02. The van der Waals surface area contributed by atoms with Crippen LogP contribution in [0.3, 0.4) is 0 Å². The van der Waals surface area contributed by atoms with Crippen LogP contribution in [0.1, 0.15) is 71.3 Å². The lowest BCUT2D eigenvalue weighted by atomic mass is 9.78. The van der Waals surface area contributed by atoms with E-state index >= 15 is 0 Å². The van der Waals surface area contributed by atoms with Crippen molar-refractivity contribution in [3.8, 4) is 5.75 Å². The summed E-state index contributed by atoms with van der Waals surface area (Å²) in [5.74, 6) is 2.75. The Hall–Kier alpha value is -1.24. The summed E-state index contributed by atoms with van der Waals surface area (Å²) in [5.41, 5.74) is 2.90. The summed E-state index contributed by atoms with van der Waals surface area (Å²) >= 11 is 0. The molecule has 0 saturated carbocycles. The van der Waals surface area contributed by atoms with Crippen LogP contribution in [0.4, 0.5) is 0 Å². The summed E-state index contributed by atoms with van der Waals surface area (Å²) in [6, 6.07) is 8.61. The molecule has 1 aromatic rings. The number of hydrogen-bond donors (Lipinski definition) is 0. The summed E-state index contributed by atoms with van der Waals surface area (Å²) in [4.78, 5) is 0. The van der Waals surface area contributed by atoms with E-state index in [9.17, 15) is 0 Å². The average Bonchev–Trinajstić information content (AvgIpc) is 2.56. The molecule has 0 saturated heterocycles. The van der Waals surface area contributed by atoms with E-state index in [4.69, 9.17) is 4.74 Å². The van der Waals surface area contributed by atoms with Gasteiger partial charge < -0.3 is 4.74 Å². The Balaban J connectivity index is 1.87. The molecule has 1 aromatic carbocycles. The first kappa shape index (κ1) is 17.1. The molecule has 1 nitrogen and oxygen atoms in total.